The number of nitrogens with one attached hydrogen (secondary N) is 2. The number of aromatic nitrogens is 1. The van der Waals surface area contributed by atoms with Gasteiger partial charge in [-0.25, -0.2) is 17.8 Å². The smallest absolute Gasteiger partial charge is 0.262 e. The Hall–Kier alpha value is -3.08. The number of halogens is 1. The van der Waals surface area contributed by atoms with Crippen molar-refractivity contribution in [3.63, 3.8) is 0 Å². The van der Waals surface area contributed by atoms with Crippen LogP contribution in [0.2, 0.25) is 0 Å². The molecule has 31 heavy (non-hydrogen) atoms. The molecule has 6 nitrogen and oxygen atoms in total. The van der Waals surface area contributed by atoms with Crippen LogP contribution in [0.1, 0.15) is 15.2 Å². The predicted molar refractivity (Wildman–Crippen MR) is 122 cm³/mol. The average Bonchev–Trinajstić information content (AvgIpc) is 3.38. The number of carbonyl (C=O) groups is 1. The number of aryl methyl sites for hydroxylation is 1. The second kappa shape index (κ2) is 8.58. The van der Waals surface area contributed by atoms with Gasteiger partial charge < -0.3 is 0 Å². The second-order valence-electron chi connectivity index (χ2n) is 6.52. The van der Waals surface area contributed by atoms with Crippen molar-refractivity contribution in [3.05, 3.63) is 82.3 Å². The Labute approximate surface area is 186 Å². The van der Waals surface area contributed by atoms with Crippen LogP contribution in [-0.2, 0) is 10.0 Å². The highest BCUT2D eigenvalue weighted by Crippen LogP contribution is 2.30. The molecule has 2 aromatic heterocycles. The third-order valence-corrected chi connectivity index (χ3v) is 7.39. The maximum Gasteiger partial charge on any atom is 0.262 e. The first-order valence-electron chi connectivity index (χ1n) is 9.03. The van der Waals surface area contributed by atoms with E-state index in [-0.39, 0.29) is 16.1 Å². The number of thiophene rings is 1. The summed E-state index contributed by atoms with van der Waals surface area (Å²) in [5, 5.41) is 4.94. The molecule has 4 rings (SSSR count). The molecule has 0 bridgehead atoms. The molecule has 0 fully saturated rings. The molecule has 10 heteroatoms. The van der Waals surface area contributed by atoms with Crippen molar-refractivity contribution in [1.82, 2.24) is 4.98 Å². The summed E-state index contributed by atoms with van der Waals surface area (Å²) < 4.78 is 41.3. The van der Waals surface area contributed by atoms with Gasteiger partial charge in [-0.1, -0.05) is 18.2 Å². The molecule has 0 spiro atoms. The molecule has 2 heterocycles. The number of sulfonamides is 1. The number of anilines is 2. The zero-order chi connectivity index (χ0) is 22.0. The van der Waals surface area contributed by atoms with Crippen LogP contribution in [0.4, 0.5) is 15.2 Å². The molecule has 1 amide bonds. The molecule has 158 valence electrons. The fourth-order valence-electron chi connectivity index (χ4n) is 2.74. The molecule has 0 unspecified atom stereocenters. The van der Waals surface area contributed by atoms with E-state index in [4.69, 9.17) is 0 Å². The predicted octanol–water partition coefficient (Wildman–Crippen LogP) is 5.37. The first-order chi connectivity index (χ1) is 14.8. The van der Waals surface area contributed by atoms with Gasteiger partial charge in [0.2, 0.25) is 0 Å². The van der Waals surface area contributed by atoms with Crippen LogP contribution in [0.3, 0.4) is 0 Å². The van der Waals surface area contributed by atoms with Gasteiger partial charge in [0.15, 0.2) is 5.13 Å². The minimum Gasteiger partial charge on any atom is -0.298 e. The lowest BCUT2D eigenvalue weighted by atomic mass is 10.2. The van der Waals surface area contributed by atoms with E-state index >= 15 is 0 Å². The number of amides is 1. The topological polar surface area (TPSA) is 88.2 Å². The standard InChI is InChI=1S/C21H16FN3O3S3/c1-13-9-10-19(30-13)18-12-29-21(23-18)24-20(26)14-5-4-6-15(11-14)31(27,28)25-17-8-3-2-7-16(17)22/h2-12,25H,1H3,(H,23,24,26). The van der Waals surface area contributed by atoms with Crippen LogP contribution in [0.15, 0.2) is 70.9 Å². The van der Waals surface area contributed by atoms with Gasteiger partial charge in [0.1, 0.15) is 5.82 Å². The van der Waals surface area contributed by atoms with Crippen LogP contribution in [-0.4, -0.2) is 19.3 Å². The quantitative estimate of drug-likeness (QED) is 0.394. The molecule has 0 aliphatic carbocycles. The van der Waals surface area contributed by atoms with Crippen LogP contribution < -0.4 is 10.0 Å². The van der Waals surface area contributed by atoms with E-state index in [1.165, 1.54) is 53.8 Å². The number of thiazole rings is 1. The van der Waals surface area contributed by atoms with Gasteiger partial charge in [-0.3, -0.25) is 14.8 Å². The lowest BCUT2D eigenvalue weighted by Crippen LogP contribution is -2.16. The largest absolute Gasteiger partial charge is 0.298 e. The van der Waals surface area contributed by atoms with Crippen LogP contribution in [0, 0.1) is 12.7 Å². The highest BCUT2D eigenvalue weighted by atomic mass is 32.2. The molecule has 0 aliphatic rings. The Morgan fingerprint density at radius 2 is 1.87 bits per heavy atom. The van der Waals surface area contributed by atoms with Gasteiger partial charge in [0, 0.05) is 15.8 Å². The molecule has 0 saturated carbocycles. The van der Waals surface area contributed by atoms with E-state index in [1.807, 2.05) is 24.4 Å². The summed E-state index contributed by atoms with van der Waals surface area (Å²) in [6, 6.07) is 14.9. The summed E-state index contributed by atoms with van der Waals surface area (Å²) in [5.41, 5.74) is 0.737. The van der Waals surface area contributed by atoms with E-state index in [1.54, 1.807) is 11.3 Å². The lowest BCUT2D eigenvalue weighted by molar-refractivity contribution is 0.102. The Kier molecular flexibility index (Phi) is 5.86. The molecule has 4 aromatic rings. The summed E-state index contributed by atoms with van der Waals surface area (Å²) in [6.45, 7) is 2.01. The van der Waals surface area contributed by atoms with Gasteiger partial charge in [-0.05, 0) is 49.4 Å². The summed E-state index contributed by atoms with van der Waals surface area (Å²) in [7, 11) is -4.08. The van der Waals surface area contributed by atoms with Gasteiger partial charge in [-0.15, -0.1) is 22.7 Å². The molecular formula is C21H16FN3O3S3. The van der Waals surface area contributed by atoms with Crippen LogP contribution >= 0.6 is 22.7 Å². The van der Waals surface area contributed by atoms with E-state index in [0.717, 1.165) is 21.5 Å². The van der Waals surface area contributed by atoms with E-state index in [2.05, 4.69) is 15.0 Å². The van der Waals surface area contributed by atoms with E-state index < -0.39 is 21.7 Å². The number of nitrogens with zero attached hydrogens (tertiary/aromatic N) is 1. The van der Waals surface area contributed by atoms with Crippen molar-refractivity contribution in [2.75, 3.05) is 10.0 Å². The third kappa shape index (κ3) is 4.82. The number of hydrogen-bond donors (Lipinski definition) is 2. The molecule has 2 aromatic carbocycles. The first-order valence-corrected chi connectivity index (χ1v) is 12.2. The zero-order valence-corrected chi connectivity index (χ0v) is 18.6. The van der Waals surface area contributed by atoms with E-state index in [0.29, 0.717) is 5.13 Å². The van der Waals surface area contributed by atoms with Crippen molar-refractivity contribution in [2.24, 2.45) is 0 Å². The number of carbonyl (C=O) groups excluding carboxylic acids is 1. The summed E-state index contributed by atoms with van der Waals surface area (Å²) in [5.74, 6) is -1.19. The first kappa shape index (κ1) is 21.2. The van der Waals surface area contributed by atoms with Crippen molar-refractivity contribution in [3.8, 4) is 10.6 Å². The number of para-hydroxylation sites is 1. The normalized spacial score (nSPS) is 11.3. The molecule has 2 N–H and O–H groups in total. The third-order valence-electron chi connectivity index (χ3n) is 4.24. The molecular weight excluding hydrogens is 457 g/mol. The van der Waals surface area contributed by atoms with Crippen LogP contribution in [0.5, 0.6) is 0 Å². The fraction of sp³-hybridized carbons (Fsp3) is 0.0476. The fourth-order valence-corrected chi connectivity index (χ4v) is 5.46. The molecule has 0 radical (unpaired) electrons. The number of benzene rings is 2. The van der Waals surface area contributed by atoms with Crippen molar-refractivity contribution in [2.45, 2.75) is 11.8 Å². The SMILES string of the molecule is Cc1ccc(-c2csc(NC(=O)c3cccc(S(=O)(=O)Nc4ccccc4F)c3)n2)s1. The van der Waals surface area contributed by atoms with Gasteiger partial charge in [-0.2, -0.15) is 0 Å². The minimum atomic E-state index is -4.08. The minimum absolute atomic E-state index is 0.139. The summed E-state index contributed by atoms with van der Waals surface area (Å²) in [4.78, 5) is 19.1. The maximum absolute atomic E-state index is 13.8. The zero-order valence-electron chi connectivity index (χ0n) is 16.1. The highest BCUT2D eigenvalue weighted by molar-refractivity contribution is 7.92. The Morgan fingerprint density at radius 1 is 1.06 bits per heavy atom. The Morgan fingerprint density at radius 3 is 2.61 bits per heavy atom. The highest BCUT2D eigenvalue weighted by Gasteiger charge is 2.19. The monoisotopic (exact) mass is 473 g/mol. The van der Waals surface area contributed by atoms with Gasteiger partial charge in [0.05, 0.1) is 21.2 Å². The lowest BCUT2D eigenvalue weighted by Gasteiger charge is -2.10. The van der Waals surface area contributed by atoms with Crippen molar-refractivity contribution >= 4 is 49.4 Å². The van der Waals surface area contributed by atoms with Crippen molar-refractivity contribution in [1.29, 1.82) is 0 Å². The molecule has 0 atom stereocenters. The Balaban J connectivity index is 1.52. The average molecular weight is 474 g/mol. The maximum atomic E-state index is 13.8. The number of rotatable bonds is 6. The van der Waals surface area contributed by atoms with Crippen molar-refractivity contribution < 1.29 is 17.6 Å². The summed E-state index contributed by atoms with van der Waals surface area (Å²) >= 11 is 2.89. The second-order valence-corrected chi connectivity index (χ2v) is 10.3. The summed E-state index contributed by atoms with van der Waals surface area (Å²) in [6.07, 6.45) is 0. The Bertz CT molecular complexity index is 1360. The molecule has 0 aliphatic heterocycles. The van der Waals surface area contributed by atoms with E-state index in [9.17, 15) is 17.6 Å². The number of hydrogen-bond acceptors (Lipinski definition) is 6. The van der Waals surface area contributed by atoms with Crippen LogP contribution in [0.25, 0.3) is 10.6 Å². The van der Waals surface area contributed by atoms with Gasteiger partial charge in [0.25, 0.3) is 15.9 Å². The molecule has 0 saturated heterocycles. The van der Waals surface area contributed by atoms with Gasteiger partial charge >= 0.3 is 0 Å².